The minimum Gasteiger partial charge on any atom is -0.481 e. The first-order valence-corrected chi connectivity index (χ1v) is 17.3. The number of benzene rings is 3. The molecule has 2 amide bonds. The molecule has 0 saturated carbocycles. The topological polar surface area (TPSA) is 107 Å². The molecule has 2 aliphatic heterocycles. The summed E-state index contributed by atoms with van der Waals surface area (Å²) >= 11 is 14.2. The van der Waals surface area contributed by atoms with Crippen molar-refractivity contribution in [2.24, 2.45) is 0 Å². The van der Waals surface area contributed by atoms with Crippen LogP contribution in [0.15, 0.2) is 66.7 Å². The molecular formula is C38H41Cl2N5O4. The highest BCUT2D eigenvalue weighted by atomic mass is 35.5. The SMILES string of the molecule is COc1nc(-c2cccc(-c3cccc(-c4ccc(CN5CCN(C(C)=O)CC5)c(CO)c4)c3Cl)c2Cl)ccc1CNC[C@@H]1CCC(=O)N1. The van der Waals surface area contributed by atoms with Crippen molar-refractivity contribution in [2.45, 2.75) is 45.5 Å². The van der Waals surface area contributed by atoms with Gasteiger partial charge in [0.1, 0.15) is 0 Å². The minimum absolute atomic E-state index is 0.0915. The Hall–Kier alpha value is -3.99. The van der Waals surface area contributed by atoms with E-state index < -0.39 is 0 Å². The summed E-state index contributed by atoms with van der Waals surface area (Å²) in [6.45, 7) is 6.47. The Bertz CT molecular complexity index is 1840. The molecule has 6 rings (SSSR count). The fourth-order valence-electron chi connectivity index (χ4n) is 6.60. The summed E-state index contributed by atoms with van der Waals surface area (Å²) in [7, 11) is 1.60. The van der Waals surface area contributed by atoms with Crippen molar-refractivity contribution in [3.63, 3.8) is 0 Å². The number of pyridine rings is 1. The molecule has 2 fully saturated rings. The largest absolute Gasteiger partial charge is 0.481 e. The number of nitrogens with one attached hydrogen (secondary N) is 2. The summed E-state index contributed by atoms with van der Waals surface area (Å²) in [6, 6.07) is 21.8. The number of nitrogens with zero attached hydrogens (tertiary/aromatic N) is 3. The van der Waals surface area contributed by atoms with E-state index in [1.807, 2.05) is 65.6 Å². The second kappa shape index (κ2) is 15.7. The third kappa shape index (κ3) is 7.92. The number of carbonyl (C=O) groups is 2. The second-order valence-corrected chi connectivity index (χ2v) is 13.3. The van der Waals surface area contributed by atoms with Gasteiger partial charge in [0.05, 0.1) is 29.5 Å². The van der Waals surface area contributed by atoms with Gasteiger partial charge in [-0.15, -0.1) is 0 Å². The van der Waals surface area contributed by atoms with Crippen LogP contribution in [-0.2, 0) is 29.3 Å². The van der Waals surface area contributed by atoms with E-state index in [4.69, 9.17) is 32.9 Å². The standard InChI is InChI=1S/C38H41Cl2N5O4/c1-24(47)45-17-15-44(16-18-45)22-27-10-9-25(19-28(27)23-46)30-5-3-6-31(36(30)39)32-7-4-8-33(37(32)40)34-13-11-26(38(43-34)49-2)20-41-21-29-12-14-35(48)42-29/h3-11,13,19,29,41,46H,12,14-18,20-23H2,1-2H3,(H,42,48)/t29-/m0/s1. The van der Waals surface area contributed by atoms with Gasteiger partial charge >= 0.3 is 0 Å². The van der Waals surface area contributed by atoms with Gasteiger partial charge in [-0.05, 0) is 35.2 Å². The zero-order valence-electron chi connectivity index (χ0n) is 27.8. The first-order valence-electron chi connectivity index (χ1n) is 16.6. The van der Waals surface area contributed by atoms with Crippen molar-refractivity contribution < 1.29 is 19.4 Å². The molecule has 49 heavy (non-hydrogen) atoms. The molecule has 0 aliphatic carbocycles. The molecule has 3 heterocycles. The predicted molar refractivity (Wildman–Crippen MR) is 193 cm³/mol. The number of piperazine rings is 1. The summed E-state index contributed by atoms with van der Waals surface area (Å²) in [6.07, 6.45) is 1.41. The van der Waals surface area contributed by atoms with Gasteiger partial charge < -0.3 is 25.4 Å². The number of carbonyl (C=O) groups excluding carboxylic acids is 2. The Labute approximate surface area is 297 Å². The first kappa shape index (κ1) is 34.9. The van der Waals surface area contributed by atoms with Crippen molar-refractivity contribution >= 4 is 35.0 Å². The molecule has 2 aliphatic rings. The van der Waals surface area contributed by atoms with Gasteiger partial charge in [-0.1, -0.05) is 77.8 Å². The number of aliphatic hydroxyl groups is 1. The van der Waals surface area contributed by atoms with Crippen molar-refractivity contribution in [3.8, 4) is 39.4 Å². The molecular weight excluding hydrogens is 661 g/mol. The molecule has 2 saturated heterocycles. The Kier molecular flexibility index (Phi) is 11.2. The molecule has 3 aromatic carbocycles. The highest BCUT2D eigenvalue weighted by Gasteiger charge is 2.22. The quantitative estimate of drug-likeness (QED) is 0.178. The number of amides is 2. The Morgan fingerprint density at radius 3 is 2.27 bits per heavy atom. The summed E-state index contributed by atoms with van der Waals surface area (Å²) < 4.78 is 5.65. The highest BCUT2D eigenvalue weighted by molar-refractivity contribution is 6.39. The van der Waals surface area contributed by atoms with Crippen molar-refractivity contribution in [1.29, 1.82) is 0 Å². The van der Waals surface area contributed by atoms with Gasteiger partial charge in [0.2, 0.25) is 17.7 Å². The Balaban J connectivity index is 1.21. The maximum atomic E-state index is 11.7. The maximum absolute atomic E-state index is 11.7. The van der Waals surface area contributed by atoms with Crippen LogP contribution in [0.3, 0.4) is 0 Å². The van der Waals surface area contributed by atoms with Crippen LogP contribution in [0.4, 0.5) is 0 Å². The number of hydrogen-bond donors (Lipinski definition) is 3. The van der Waals surface area contributed by atoms with Gasteiger partial charge in [-0.3, -0.25) is 14.5 Å². The van der Waals surface area contributed by atoms with E-state index >= 15 is 0 Å². The van der Waals surface area contributed by atoms with E-state index in [1.165, 1.54) is 0 Å². The molecule has 256 valence electrons. The van der Waals surface area contributed by atoms with E-state index in [1.54, 1.807) is 14.0 Å². The zero-order chi connectivity index (χ0) is 34.5. The van der Waals surface area contributed by atoms with E-state index in [0.29, 0.717) is 60.8 Å². The van der Waals surface area contributed by atoms with Gasteiger partial charge in [0.15, 0.2) is 0 Å². The van der Waals surface area contributed by atoms with Crippen LogP contribution in [0.5, 0.6) is 5.88 Å². The number of halogens is 2. The summed E-state index contributed by atoms with van der Waals surface area (Å²) in [5.41, 5.74) is 7.54. The van der Waals surface area contributed by atoms with Crippen LogP contribution in [0.2, 0.25) is 10.0 Å². The highest BCUT2D eigenvalue weighted by Crippen LogP contribution is 2.42. The van der Waals surface area contributed by atoms with Crippen LogP contribution < -0.4 is 15.4 Å². The third-order valence-corrected chi connectivity index (χ3v) is 10.2. The lowest BCUT2D eigenvalue weighted by Gasteiger charge is -2.34. The number of hydrogen-bond acceptors (Lipinski definition) is 7. The zero-order valence-corrected chi connectivity index (χ0v) is 29.3. The fourth-order valence-corrected chi connectivity index (χ4v) is 7.26. The Morgan fingerprint density at radius 2 is 1.61 bits per heavy atom. The summed E-state index contributed by atoms with van der Waals surface area (Å²) in [4.78, 5) is 32.2. The first-order chi connectivity index (χ1) is 23.7. The number of ether oxygens (including phenoxy) is 1. The van der Waals surface area contributed by atoms with Gasteiger partial charge in [0, 0.05) is 93.0 Å². The molecule has 0 bridgehead atoms. The lowest BCUT2D eigenvalue weighted by Crippen LogP contribution is -2.47. The third-order valence-electron chi connectivity index (χ3n) is 9.39. The number of methoxy groups -OCH3 is 1. The number of aromatic nitrogens is 1. The summed E-state index contributed by atoms with van der Waals surface area (Å²) in [5.74, 6) is 0.709. The monoisotopic (exact) mass is 701 g/mol. The van der Waals surface area contributed by atoms with Crippen LogP contribution in [0, 0.1) is 0 Å². The van der Waals surface area contributed by atoms with Crippen molar-refractivity contribution in [3.05, 3.63) is 93.5 Å². The molecule has 1 atom stereocenters. The number of aliphatic hydroxyl groups excluding tert-OH is 1. The average Bonchev–Trinajstić information content (AvgIpc) is 3.53. The summed E-state index contributed by atoms with van der Waals surface area (Å²) in [5, 5.41) is 17.8. The molecule has 3 N–H and O–H groups in total. The molecule has 0 radical (unpaired) electrons. The lowest BCUT2D eigenvalue weighted by molar-refractivity contribution is -0.130. The molecule has 1 aromatic heterocycles. The Morgan fingerprint density at radius 1 is 0.939 bits per heavy atom. The smallest absolute Gasteiger partial charge is 0.220 e. The fraction of sp³-hybridized carbons (Fsp3) is 0.342. The molecule has 9 nitrogen and oxygen atoms in total. The van der Waals surface area contributed by atoms with E-state index in [-0.39, 0.29) is 24.5 Å². The van der Waals surface area contributed by atoms with E-state index in [0.717, 1.165) is 64.0 Å². The van der Waals surface area contributed by atoms with Crippen molar-refractivity contribution in [1.82, 2.24) is 25.4 Å². The minimum atomic E-state index is -0.0915. The van der Waals surface area contributed by atoms with E-state index in [2.05, 4.69) is 21.6 Å². The lowest BCUT2D eigenvalue weighted by atomic mass is 9.94. The second-order valence-electron chi connectivity index (χ2n) is 12.6. The van der Waals surface area contributed by atoms with E-state index in [9.17, 15) is 14.7 Å². The molecule has 0 unspecified atom stereocenters. The van der Waals surface area contributed by atoms with Crippen LogP contribution >= 0.6 is 23.2 Å². The van der Waals surface area contributed by atoms with Crippen LogP contribution in [0.1, 0.15) is 36.5 Å². The van der Waals surface area contributed by atoms with Gasteiger partial charge in [-0.2, -0.15) is 0 Å². The maximum Gasteiger partial charge on any atom is 0.220 e. The van der Waals surface area contributed by atoms with Gasteiger partial charge in [0.25, 0.3) is 0 Å². The number of rotatable bonds is 11. The van der Waals surface area contributed by atoms with Gasteiger partial charge in [-0.25, -0.2) is 4.98 Å². The van der Waals surface area contributed by atoms with Crippen LogP contribution in [-0.4, -0.2) is 77.6 Å². The molecule has 11 heteroatoms. The predicted octanol–water partition coefficient (Wildman–Crippen LogP) is 5.92. The molecule has 0 spiro atoms. The molecule has 4 aromatic rings. The normalized spacial score (nSPS) is 16.6. The van der Waals surface area contributed by atoms with Crippen molar-refractivity contribution in [2.75, 3.05) is 39.8 Å². The average molecular weight is 703 g/mol. The van der Waals surface area contributed by atoms with Crippen LogP contribution in [0.25, 0.3) is 33.5 Å².